The van der Waals surface area contributed by atoms with Crippen LogP contribution < -0.4 is 10.6 Å². The van der Waals surface area contributed by atoms with Crippen LogP contribution in [0.5, 0.6) is 0 Å². The number of carboxylic acids is 1. The van der Waals surface area contributed by atoms with Gasteiger partial charge >= 0.3 is 12.1 Å². The minimum Gasteiger partial charge on any atom is -0.480 e. The Kier molecular flexibility index (Phi) is 8.67. The number of carbonyl (C=O) groups excluding carboxylic acids is 2. The number of hydrogen-bond donors (Lipinski definition) is 3. The van der Waals surface area contributed by atoms with E-state index in [9.17, 15) is 27.6 Å². The third-order valence-corrected chi connectivity index (χ3v) is 5.52. The third-order valence-electron chi connectivity index (χ3n) is 5.52. The van der Waals surface area contributed by atoms with Crippen molar-refractivity contribution < 1.29 is 32.7 Å². The molecule has 0 bridgehead atoms. The van der Waals surface area contributed by atoms with Crippen LogP contribution in [-0.4, -0.2) is 55.0 Å². The topological polar surface area (TPSA) is 98.7 Å². The van der Waals surface area contributed by atoms with Crippen molar-refractivity contribution in [2.45, 2.75) is 12.6 Å². The molecule has 3 N–H and O–H groups in total. The molecule has 3 aromatic rings. The van der Waals surface area contributed by atoms with Gasteiger partial charge in [-0.15, -0.1) is 0 Å². The fourth-order valence-electron chi connectivity index (χ4n) is 3.78. The van der Waals surface area contributed by atoms with Gasteiger partial charge < -0.3 is 20.6 Å². The van der Waals surface area contributed by atoms with Gasteiger partial charge in [0.05, 0.1) is 28.9 Å². The highest BCUT2D eigenvalue weighted by Gasteiger charge is 2.37. The maximum atomic E-state index is 13.9. The molecule has 0 saturated heterocycles. The summed E-state index contributed by atoms with van der Waals surface area (Å²) in [5.74, 6) is -2.46. The average Bonchev–Trinajstić information content (AvgIpc) is 2.86. The molecule has 0 heterocycles. The van der Waals surface area contributed by atoms with E-state index >= 15 is 0 Å². The summed E-state index contributed by atoms with van der Waals surface area (Å²) in [7, 11) is 3.03. The van der Waals surface area contributed by atoms with Gasteiger partial charge in [0.2, 0.25) is 0 Å². The van der Waals surface area contributed by atoms with Crippen LogP contribution in [-0.2, 0) is 17.4 Å². The average molecular weight is 514 g/mol. The Morgan fingerprint density at radius 2 is 1.65 bits per heavy atom. The summed E-state index contributed by atoms with van der Waals surface area (Å²) >= 11 is 0. The molecule has 0 saturated carbocycles. The molecule has 0 atom stereocenters. The zero-order chi connectivity index (χ0) is 27.2. The molecule has 37 heavy (non-hydrogen) atoms. The molecule has 2 amide bonds. The van der Waals surface area contributed by atoms with E-state index in [1.165, 1.54) is 43.3 Å². The maximum absolute atomic E-state index is 13.9. The smallest absolute Gasteiger partial charge is 0.417 e. The van der Waals surface area contributed by atoms with Gasteiger partial charge in [-0.1, -0.05) is 48.5 Å². The fraction of sp³-hybridized carbons (Fsp3) is 0.222. The second kappa shape index (κ2) is 11.7. The molecule has 194 valence electrons. The molecule has 0 spiro atoms. The number of nitrogens with one attached hydrogen (secondary N) is 2. The van der Waals surface area contributed by atoms with Crippen LogP contribution in [0.25, 0.3) is 11.1 Å². The first-order chi connectivity index (χ1) is 17.5. The van der Waals surface area contributed by atoms with E-state index in [2.05, 4.69) is 10.6 Å². The van der Waals surface area contributed by atoms with Crippen LogP contribution in [0.3, 0.4) is 0 Å². The van der Waals surface area contributed by atoms with Gasteiger partial charge in [0.1, 0.15) is 0 Å². The number of hydrogen-bond acceptors (Lipinski definition) is 4. The van der Waals surface area contributed by atoms with E-state index < -0.39 is 35.1 Å². The quantitative estimate of drug-likeness (QED) is 0.365. The Balaban J connectivity index is 2.01. The third kappa shape index (κ3) is 6.95. The Bertz CT molecular complexity index is 1290. The number of carboxylic acid groups (broad SMARTS) is 1. The first kappa shape index (κ1) is 27.4. The number of alkyl halides is 3. The van der Waals surface area contributed by atoms with Crippen LogP contribution in [0.2, 0.25) is 0 Å². The Labute approximate surface area is 211 Å². The zero-order valence-electron chi connectivity index (χ0n) is 20.2. The van der Waals surface area contributed by atoms with Gasteiger partial charge in [0.15, 0.2) is 0 Å². The highest BCUT2D eigenvalue weighted by atomic mass is 19.4. The summed E-state index contributed by atoms with van der Waals surface area (Å²) in [6.07, 6.45) is -4.39. The lowest BCUT2D eigenvalue weighted by atomic mass is 9.94. The molecule has 0 aromatic heterocycles. The van der Waals surface area contributed by atoms with E-state index in [0.29, 0.717) is 24.1 Å². The van der Waals surface area contributed by atoms with E-state index in [-0.39, 0.29) is 23.4 Å². The van der Waals surface area contributed by atoms with Crippen molar-refractivity contribution in [1.29, 1.82) is 0 Å². The van der Waals surface area contributed by atoms with Crippen LogP contribution in [0.1, 0.15) is 31.8 Å². The van der Waals surface area contributed by atoms with Crippen LogP contribution in [0.15, 0.2) is 66.7 Å². The lowest BCUT2D eigenvalue weighted by molar-refractivity contribution is -0.138. The van der Waals surface area contributed by atoms with Gasteiger partial charge in [-0.2, -0.15) is 13.2 Å². The monoisotopic (exact) mass is 513 g/mol. The molecule has 10 heteroatoms. The predicted molar refractivity (Wildman–Crippen MR) is 134 cm³/mol. The molecule has 0 aliphatic carbocycles. The second-order valence-electron chi connectivity index (χ2n) is 8.45. The molecule has 0 radical (unpaired) electrons. The molecule has 3 aromatic carbocycles. The highest BCUT2D eigenvalue weighted by molar-refractivity contribution is 6.12. The van der Waals surface area contributed by atoms with Gasteiger partial charge in [0.25, 0.3) is 11.8 Å². The molecule has 0 aliphatic rings. The number of carbonyl (C=O) groups is 3. The molecule has 0 unspecified atom stereocenters. The van der Waals surface area contributed by atoms with Gasteiger partial charge in [0, 0.05) is 14.1 Å². The number of benzene rings is 3. The minimum absolute atomic E-state index is 0.0573. The first-order valence-corrected chi connectivity index (χ1v) is 11.3. The lowest BCUT2D eigenvalue weighted by Crippen LogP contribution is -2.26. The molecule has 0 aliphatic heterocycles. The summed E-state index contributed by atoms with van der Waals surface area (Å²) in [4.78, 5) is 38.2. The standard InChI is InChI=1S/C27H26F3N3O4/c1-33(2)26(37)20-15-17(13-14-31-16-23(34)35)11-12-22(20)32-25(36)24-19(18-7-4-3-5-8-18)9-6-10-21(24)27(28,29)30/h3-12,15,31H,13-14,16H2,1-2H3,(H,32,36)(H,34,35). The summed E-state index contributed by atoms with van der Waals surface area (Å²) < 4.78 is 41.8. The Morgan fingerprint density at radius 1 is 0.946 bits per heavy atom. The number of halogens is 3. The SMILES string of the molecule is CN(C)C(=O)c1cc(CCNCC(=O)O)ccc1NC(=O)c1c(-c2ccccc2)cccc1C(F)(F)F. The largest absolute Gasteiger partial charge is 0.480 e. The summed E-state index contributed by atoms with van der Waals surface area (Å²) in [6, 6.07) is 16.4. The van der Waals surface area contributed by atoms with E-state index in [1.54, 1.807) is 36.4 Å². The number of aliphatic carboxylic acids is 1. The van der Waals surface area contributed by atoms with Gasteiger partial charge in [-0.3, -0.25) is 14.4 Å². The zero-order valence-corrected chi connectivity index (χ0v) is 20.2. The van der Waals surface area contributed by atoms with E-state index in [4.69, 9.17) is 5.11 Å². The molecule has 3 rings (SSSR count). The Morgan fingerprint density at radius 3 is 2.27 bits per heavy atom. The summed E-state index contributed by atoms with van der Waals surface area (Å²) in [5.41, 5.74) is -0.259. The fourth-order valence-corrected chi connectivity index (χ4v) is 3.78. The van der Waals surface area contributed by atoms with Crippen molar-refractivity contribution >= 4 is 23.5 Å². The van der Waals surface area contributed by atoms with Crippen LogP contribution in [0.4, 0.5) is 18.9 Å². The molecular formula is C27H26F3N3O4. The second-order valence-corrected chi connectivity index (χ2v) is 8.45. The predicted octanol–water partition coefficient (Wildman–Crippen LogP) is 4.54. The van der Waals surface area contributed by atoms with E-state index in [1.807, 2.05) is 0 Å². The Hall–Kier alpha value is -4.18. The molecule has 0 fully saturated rings. The van der Waals surface area contributed by atoms with Crippen molar-refractivity contribution in [1.82, 2.24) is 10.2 Å². The lowest BCUT2D eigenvalue weighted by Gasteiger charge is -2.19. The van der Waals surface area contributed by atoms with Crippen molar-refractivity contribution in [3.05, 3.63) is 89.0 Å². The number of nitrogens with zero attached hydrogens (tertiary/aromatic N) is 1. The van der Waals surface area contributed by atoms with E-state index in [0.717, 1.165) is 6.07 Å². The van der Waals surface area contributed by atoms with Gasteiger partial charge in [-0.05, 0) is 47.9 Å². The molecular weight excluding hydrogens is 487 g/mol. The number of rotatable bonds is 9. The maximum Gasteiger partial charge on any atom is 0.417 e. The van der Waals surface area contributed by atoms with Gasteiger partial charge in [-0.25, -0.2) is 0 Å². The number of anilines is 1. The highest BCUT2D eigenvalue weighted by Crippen LogP contribution is 2.37. The van der Waals surface area contributed by atoms with Crippen molar-refractivity contribution in [2.75, 3.05) is 32.5 Å². The summed E-state index contributed by atoms with van der Waals surface area (Å²) in [6.45, 7) is 0.104. The number of amides is 2. The van der Waals surface area contributed by atoms with Crippen LogP contribution >= 0.6 is 0 Å². The van der Waals surface area contributed by atoms with Crippen molar-refractivity contribution in [3.63, 3.8) is 0 Å². The van der Waals surface area contributed by atoms with Crippen LogP contribution in [0, 0.1) is 0 Å². The molecule has 7 nitrogen and oxygen atoms in total. The summed E-state index contributed by atoms with van der Waals surface area (Å²) in [5, 5.41) is 14.0. The first-order valence-electron chi connectivity index (χ1n) is 11.3. The minimum atomic E-state index is -4.79. The van der Waals surface area contributed by atoms with Crippen molar-refractivity contribution in [2.24, 2.45) is 0 Å². The normalized spacial score (nSPS) is 11.2. The van der Waals surface area contributed by atoms with Crippen molar-refractivity contribution in [3.8, 4) is 11.1 Å².